The number of aromatic nitrogens is 3. The van der Waals surface area contributed by atoms with Crippen LogP contribution in [0.25, 0.3) is 22.3 Å². The summed E-state index contributed by atoms with van der Waals surface area (Å²) in [5.74, 6) is 6.22. The standard InChI is InChI=1S/C26H28N6O3.C2H6/c33-14-2-1-9-31-10-7-20(8-11-31)26(34)29-21-5-3-19(4-6-21)23-17-22-24(30-23)27-18-28-25(22)32-12-15-35-16-13-32;1-2/h3-6,14,17-18,20H,7-13,15-16H2,(H,29,34)(H,27,28,30);1-2H3. The van der Waals surface area contributed by atoms with Gasteiger partial charge >= 0.3 is 0 Å². The molecule has 0 bridgehead atoms. The van der Waals surface area contributed by atoms with Gasteiger partial charge in [0.2, 0.25) is 5.91 Å². The zero-order chi connectivity index (χ0) is 26.0. The number of piperidine rings is 1. The molecule has 4 heterocycles. The Hall–Kier alpha value is -3.74. The Morgan fingerprint density at radius 3 is 2.57 bits per heavy atom. The van der Waals surface area contributed by atoms with Gasteiger partial charge in [-0.3, -0.25) is 14.5 Å². The molecule has 0 aliphatic carbocycles. The molecule has 37 heavy (non-hydrogen) atoms. The third kappa shape index (κ3) is 6.53. The number of anilines is 2. The predicted octanol–water partition coefficient (Wildman–Crippen LogP) is 3.34. The van der Waals surface area contributed by atoms with E-state index < -0.39 is 0 Å². The van der Waals surface area contributed by atoms with E-state index in [0.29, 0.717) is 26.0 Å². The molecule has 2 fully saturated rings. The highest BCUT2D eigenvalue weighted by molar-refractivity contribution is 5.94. The third-order valence-corrected chi connectivity index (χ3v) is 6.60. The Kier molecular flexibility index (Phi) is 9.24. The fourth-order valence-corrected chi connectivity index (χ4v) is 4.64. The van der Waals surface area contributed by atoms with Crippen LogP contribution in [0.5, 0.6) is 0 Å². The number of amides is 1. The first-order chi connectivity index (χ1) is 18.2. The fraction of sp³-hybridized carbons (Fsp3) is 0.429. The Labute approximate surface area is 217 Å². The third-order valence-electron chi connectivity index (χ3n) is 6.60. The van der Waals surface area contributed by atoms with Crippen molar-refractivity contribution in [3.63, 3.8) is 0 Å². The number of H-pyrrole nitrogens is 1. The molecule has 1 aromatic carbocycles. The van der Waals surface area contributed by atoms with Gasteiger partial charge in [0.05, 0.1) is 25.1 Å². The number of aromatic amines is 1. The first kappa shape index (κ1) is 26.3. The van der Waals surface area contributed by atoms with Gasteiger partial charge in [-0.2, -0.15) is 0 Å². The molecule has 2 aliphatic heterocycles. The molecule has 5 rings (SSSR count). The monoisotopic (exact) mass is 502 g/mol. The van der Waals surface area contributed by atoms with Crippen molar-refractivity contribution in [1.82, 2.24) is 19.9 Å². The molecule has 2 N–H and O–H groups in total. The number of hydrogen-bond donors (Lipinski definition) is 2. The lowest BCUT2D eigenvalue weighted by Crippen LogP contribution is -2.38. The van der Waals surface area contributed by atoms with E-state index in [4.69, 9.17) is 4.74 Å². The summed E-state index contributed by atoms with van der Waals surface area (Å²) in [7, 11) is 0. The van der Waals surface area contributed by atoms with Gasteiger partial charge < -0.3 is 19.9 Å². The van der Waals surface area contributed by atoms with Crippen molar-refractivity contribution in [2.45, 2.75) is 26.7 Å². The highest BCUT2D eigenvalue weighted by Crippen LogP contribution is 2.30. The summed E-state index contributed by atoms with van der Waals surface area (Å²) < 4.78 is 5.47. The number of aldehydes is 1. The number of benzene rings is 1. The van der Waals surface area contributed by atoms with Gasteiger partial charge in [-0.15, -0.1) is 0 Å². The highest BCUT2D eigenvalue weighted by Gasteiger charge is 2.24. The van der Waals surface area contributed by atoms with E-state index in [-0.39, 0.29) is 11.8 Å². The largest absolute Gasteiger partial charge is 0.378 e. The summed E-state index contributed by atoms with van der Waals surface area (Å²) in [4.78, 5) is 39.8. The van der Waals surface area contributed by atoms with Gasteiger partial charge in [-0.25, -0.2) is 9.97 Å². The summed E-state index contributed by atoms with van der Waals surface area (Å²) >= 11 is 0. The molecule has 0 saturated carbocycles. The number of nitrogens with zero attached hydrogens (tertiary/aromatic N) is 4. The number of rotatable bonds is 5. The van der Waals surface area contributed by atoms with Crippen molar-refractivity contribution < 1.29 is 14.3 Å². The predicted molar refractivity (Wildman–Crippen MR) is 145 cm³/mol. The van der Waals surface area contributed by atoms with Crippen molar-refractivity contribution in [3.05, 3.63) is 36.7 Å². The maximum absolute atomic E-state index is 12.8. The second kappa shape index (κ2) is 13.0. The molecule has 2 aliphatic rings. The minimum absolute atomic E-state index is 0.0177. The molecule has 194 valence electrons. The summed E-state index contributed by atoms with van der Waals surface area (Å²) in [6, 6.07) is 9.93. The Morgan fingerprint density at radius 1 is 1.14 bits per heavy atom. The first-order valence-corrected chi connectivity index (χ1v) is 12.9. The number of fused-ring (bicyclic) bond motifs is 1. The van der Waals surface area contributed by atoms with Crippen LogP contribution in [0.3, 0.4) is 0 Å². The van der Waals surface area contributed by atoms with E-state index in [0.717, 1.165) is 72.8 Å². The number of likely N-dealkylation sites (tertiary alicyclic amines) is 1. The van der Waals surface area contributed by atoms with E-state index in [1.165, 1.54) is 0 Å². The van der Waals surface area contributed by atoms with Gasteiger partial charge in [0.15, 0.2) is 6.29 Å². The average Bonchev–Trinajstić information content (AvgIpc) is 3.40. The minimum atomic E-state index is -0.0177. The quantitative estimate of drug-likeness (QED) is 0.407. The minimum Gasteiger partial charge on any atom is -0.378 e. The molecule has 3 aromatic rings. The van der Waals surface area contributed by atoms with E-state index in [1.54, 1.807) is 6.33 Å². The second-order valence-electron chi connectivity index (χ2n) is 8.80. The van der Waals surface area contributed by atoms with Crippen LogP contribution in [0.4, 0.5) is 11.5 Å². The zero-order valence-corrected chi connectivity index (χ0v) is 21.5. The lowest BCUT2D eigenvalue weighted by Gasteiger charge is -2.29. The molecule has 0 spiro atoms. The molecular weight excluding hydrogens is 468 g/mol. The summed E-state index contributed by atoms with van der Waals surface area (Å²) in [5.41, 5.74) is 3.55. The Balaban J connectivity index is 0.00000156. The lowest BCUT2D eigenvalue weighted by atomic mass is 9.96. The van der Waals surface area contributed by atoms with Crippen molar-refractivity contribution in [2.75, 3.05) is 56.2 Å². The van der Waals surface area contributed by atoms with Crippen molar-refractivity contribution >= 4 is 34.7 Å². The molecule has 0 radical (unpaired) electrons. The molecule has 1 amide bonds. The number of nitrogens with one attached hydrogen (secondary N) is 2. The average molecular weight is 503 g/mol. The lowest BCUT2D eigenvalue weighted by molar-refractivity contribution is -0.121. The van der Waals surface area contributed by atoms with Gasteiger partial charge in [0.25, 0.3) is 0 Å². The molecule has 9 heteroatoms. The van der Waals surface area contributed by atoms with Crippen LogP contribution < -0.4 is 10.2 Å². The van der Waals surface area contributed by atoms with Crippen LogP contribution in [-0.4, -0.2) is 78.0 Å². The maximum Gasteiger partial charge on any atom is 0.227 e. The number of hydrogen-bond acceptors (Lipinski definition) is 7. The summed E-state index contributed by atoms with van der Waals surface area (Å²) in [6.07, 6.45) is 3.78. The normalized spacial score (nSPS) is 16.3. The molecule has 0 unspecified atom stereocenters. The number of carbonyl (C=O) groups excluding carboxylic acids is 2. The molecule has 2 aromatic heterocycles. The molecular formula is C28H34N6O3. The van der Waals surface area contributed by atoms with E-state index in [1.807, 2.05) is 38.1 Å². The topological polar surface area (TPSA) is 103 Å². The molecule has 9 nitrogen and oxygen atoms in total. The Morgan fingerprint density at radius 2 is 1.86 bits per heavy atom. The fourth-order valence-electron chi connectivity index (χ4n) is 4.64. The van der Waals surface area contributed by atoms with Crippen LogP contribution in [0.15, 0.2) is 36.7 Å². The van der Waals surface area contributed by atoms with Crippen LogP contribution in [0, 0.1) is 17.8 Å². The van der Waals surface area contributed by atoms with E-state index in [2.05, 4.69) is 48.0 Å². The van der Waals surface area contributed by atoms with Crippen molar-refractivity contribution in [2.24, 2.45) is 5.92 Å². The van der Waals surface area contributed by atoms with Gasteiger partial charge in [-0.1, -0.05) is 31.9 Å². The van der Waals surface area contributed by atoms with Gasteiger partial charge in [0.1, 0.15) is 17.8 Å². The SMILES string of the molecule is CC.O=CC#CCN1CCC(C(=O)Nc2ccc(-c3cc4c(N5CCOCC5)ncnc4[nH]3)cc2)CC1. The number of morpholine rings is 1. The van der Waals surface area contributed by atoms with E-state index >= 15 is 0 Å². The number of ether oxygens (including phenoxy) is 1. The van der Waals surface area contributed by atoms with Gasteiger partial charge in [0, 0.05) is 30.4 Å². The van der Waals surface area contributed by atoms with Crippen LogP contribution in [0.2, 0.25) is 0 Å². The first-order valence-electron chi connectivity index (χ1n) is 12.9. The Bertz CT molecular complexity index is 1250. The maximum atomic E-state index is 12.8. The second-order valence-corrected chi connectivity index (χ2v) is 8.80. The van der Waals surface area contributed by atoms with Crippen LogP contribution in [-0.2, 0) is 14.3 Å². The van der Waals surface area contributed by atoms with Crippen molar-refractivity contribution in [1.29, 1.82) is 0 Å². The van der Waals surface area contributed by atoms with Crippen molar-refractivity contribution in [3.8, 4) is 23.1 Å². The van der Waals surface area contributed by atoms with Gasteiger partial charge in [-0.05, 0) is 55.6 Å². The molecule has 2 saturated heterocycles. The smallest absolute Gasteiger partial charge is 0.227 e. The number of carbonyl (C=O) groups is 2. The molecule has 0 atom stereocenters. The summed E-state index contributed by atoms with van der Waals surface area (Å²) in [6.45, 7) is 9.21. The van der Waals surface area contributed by atoms with Crippen LogP contribution in [0.1, 0.15) is 26.7 Å². The van der Waals surface area contributed by atoms with E-state index in [9.17, 15) is 9.59 Å². The summed E-state index contributed by atoms with van der Waals surface area (Å²) in [5, 5.41) is 4.04. The highest BCUT2D eigenvalue weighted by atomic mass is 16.5. The zero-order valence-electron chi connectivity index (χ0n) is 21.5. The van der Waals surface area contributed by atoms with Crippen LogP contribution >= 0.6 is 0 Å².